The van der Waals surface area contributed by atoms with Crippen LogP contribution in [0.15, 0.2) is 54.6 Å². The van der Waals surface area contributed by atoms with E-state index < -0.39 is 5.86 Å². The normalized spacial score (nSPS) is 12.9. The first-order valence-corrected chi connectivity index (χ1v) is 5.52. The Morgan fingerprint density at radius 2 is 1.62 bits per heavy atom. The SMILES string of the molecule is [2H][C@@H](Cl)c1ccc(OCc2ccccc2)cc1. The zero-order valence-electron chi connectivity index (χ0n) is 9.77. The van der Waals surface area contributed by atoms with Crippen LogP contribution in [-0.2, 0) is 12.5 Å². The summed E-state index contributed by atoms with van der Waals surface area (Å²) in [6.07, 6.45) is 0. The minimum absolute atomic E-state index is 0.547. The van der Waals surface area contributed by atoms with Gasteiger partial charge in [-0.05, 0) is 23.3 Å². The summed E-state index contributed by atoms with van der Waals surface area (Å²) in [7, 11) is 0. The summed E-state index contributed by atoms with van der Waals surface area (Å²) in [5, 5.41) is 0. The van der Waals surface area contributed by atoms with Crippen LogP contribution in [0, 0.1) is 0 Å². The van der Waals surface area contributed by atoms with Gasteiger partial charge in [0.25, 0.3) is 0 Å². The second-order valence-electron chi connectivity index (χ2n) is 3.45. The summed E-state index contributed by atoms with van der Waals surface area (Å²) in [6.45, 7) is 0.547. The molecular weight excluding hydrogens is 220 g/mol. The predicted molar refractivity (Wildman–Crippen MR) is 66.8 cm³/mol. The molecule has 0 aliphatic carbocycles. The van der Waals surface area contributed by atoms with Crippen molar-refractivity contribution in [2.75, 3.05) is 0 Å². The predicted octanol–water partition coefficient (Wildman–Crippen LogP) is 4.00. The second-order valence-corrected chi connectivity index (χ2v) is 3.67. The molecule has 16 heavy (non-hydrogen) atoms. The average molecular weight is 234 g/mol. The summed E-state index contributed by atoms with van der Waals surface area (Å²) in [4.78, 5) is 0. The molecule has 0 heterocycles. The lowest BCUT2D eigenvalue weighted by molar-refractivity contribution is 0.306. The van der Waals surface area contributed by atoms with E-state index >= 15 is 0 Å². The molecule has 2 aromatic carbocycles. The quantitative estimate of drug-likeness (QED) is 0.726. The molecule has 82 valence electrons. The van der Waals surface area contributed by atoms with E-state index in [1.165, 1.54) is 0 Å². The Bertz CT molecular complexity index is 453. The third kappa shape index (κ3) is 3.01. The molecule has 1 nitrogen and oxygen atoms in total. The van der Waals surface area contributed by atoms with E-state index in [4.69, 9.17) is 17.7 Å². The number of rotatable bonds is 4. The Morgan fingerprint density at radius 1 is 0.938 bits per heavy atom. The van der Waals surface area contributed by atoms with Crippen molar-refractivity contribution in [3.05, 3.63) is 65.7 Å². The lowest BCUT2D eigenvalue weighted by Crippen LogP contribution is -1.94. The van der Waals surface area contributed by atoms with Gasteiger partial charge < -0.3 is 4.74 Å². The summed E-state index contributed by atoms with van der Waals surface area (Å²) in [5.74, 6) is 0.0769. The largest absolute Gasteiger partial charge is 0.489 e. The van der Waals surface area contributed by atoms with E-state index in [0.29, 0.717) is 6.61 Å². The lowest BCUT2D eigenvalue weighted by atomic mass is 10.2. The molecule has 0 amide bonds. The smallest absolute Gasteiger partial charge is 0.119 e. The minimum atomic E-state index is -0.710. The van der Waals surface area contributed by atoms with Crippen molar-refractivity contribution in [3.63, 3.8) is 0 Å². The van der Waals surface area contributed by atoms with E-state index in [2.05, 4.69) is 0 Å². The molecule has 2 rings (SSSR count). The summed E-state index contributed by atoms with van der Waals surface area (Å²) < 4.78 is 13.0. The fourth-order valence-electron chi connectivity index (χ4n) is 1.38. The van der Waals surface area contributed by atoms with Crippen molar-refractivity contribution in [1.29, 1.82) is 0 Å². The summed E-state index contributed by atoms with van der Waals surface area (Å²) >= 11 is 5.65. The van der Waals surface area contributed by atoms with Crippen LogP contribution in [-0.4, -0.2) is 0 Å². The van der Waals surface area contributed by atoms with Gasteiger partial charge in [0, 0.05) is 7.23 Å². The highest BCUT2D eigenvalue weighted by Crippen LogP contribution is 2.15. The van der Waals surface area contributed by atoms with E-state index in [0.717, 1.165) is 16.9 Å². The number of hydrogen-bond acceptors (Lipinski definition) is 1. The van der Waals surface area contributed by atoms with Crippen molar-refractivity contribution >= 4 is 11.6 Å². The van der Waals surface area contributed by atoms with Crippen LogP contribution in [0.2, 0.25) is 0 Å². The first kappa shape index (κ1) is 9.73. The van der Waals surface area contributed by atoms with Crippen LogP contribution in [0.3, 0.4) is 0 Å². The van der Waals surface area contributed by atoms with E-state index in [1.807, 2.05) is 54.6 Å². The van der Waals surface area contributed by atoms with Crippen molar-refractivity contribution in [2.45, 2.75) is 12.5 Å². The molecule has 0 aliphatic rings. The van der Waals surface area contributed by atoms with Crippen LogP contribution in [0.25, 0.3) is 0 Å². The molecule has 0 spiro atoms. The maximum atomic E-state index is 7.35. The Kier molecular flexibility index (Phi) is 3.39. The number of alkyl halides is 1. The van der Waals surface area contributed by atoms with Crippen molar-refractivity contribution in [3.8, 4) is 5.75 Å². The third-order valence-electron chi connectivity index (χ3n) is 2.25. The van der Waals surface area contributed by atoms with Gasteiger partial charge >= 0.3 is 0 Å². The van der Waals surface area contributed by atoms with Gasteiger partial charge in [-0.3, -0.25) is 0 Å². The Labute approximate surface area is 102 Å². The first-order valence-electron chi connectivity index (χ1n) is 5.66. The molecule has 0 aliphatic heterocycles. The van der Waals surface area contributed by atoms with Gasteiger partial charge in [0.15, 0.2) is 0 Å². The molecule has 0 N–H and O–H groups in total. The molecule has 0 radical (unpaired) electrons. The fourth-order valence-corrected chi connectivity index (χ4v) is 1.52. The van der Waals surface area contributed by atoms with Gasteiger partial charge in [0.2, 0.25) is 0 Å². The maximum Gasteiger partial charge on any atom is 0.119 e. The van der Waals surface area contributed by atoms with Crippen LogP contribution < -0.4 is 4.74 Å². The van der Waals surface area contributed by atoms with Gasteiger partial charge in [0.1, 0.15) is 12.4 Å². The molecule has 2 heteroatoms. The Balaban J connectivity index is 1.96. The van der Waals surface area contributed by atoms with Crippen molar-refractivity contribution < 1.29 is 6.11 Å². The van der Waals surface area contributed by atoms with E-state index in [-0.39, 0.29) is 0 Å². The average Bonchev–Trinajstić information content (AvgIpc) is 2.38. The van der Waals surface area contributed by atoms with Crippen LogP contribution >= 0.6 is 11.6 Å². The molecule has 0 unspecified atom stereocenters. The second kappa shape index (κ2) is 5.57. The number of ether oxygens (including phenoxy) is 1. The number of benzene rings is 2. The summed E-state index contributed by atoms with van der Waals surface area (Å²) in [6, 6.07) is 17.3. The zero-order chi connectivity index (χ0) is 12.1. The van der Waals surface area contributed by atoms with Crippen LogP contribution in [0.5, 0.6) is 5.75 Å². The van der Waals surface area contributed by atoms with Gasteiger partial charge in [-0.25, -0.2) is 0 Å². The van der Waals surface area contributed by atoms with Gasteiger partial charge in [-0.2, -0.15) is 0 Å². The van der Waals surface area contributed by atoms with Crippen molar-refractivity contribution in [2.24, 2.45) is 0 Å². The lowest BCUT2D eigenvalue weighted by Gasteiger charge is -2.06. The molecule has 0 saturated heterocycles. The topological polar surface area (TPSA) is 9.23 Å². The number of halogens is 1. The van der Waals surface area contributed by atoms with Crippen LogP contribution in [0.1, 0.15) is 12.5 Å². The summed E-state index contributed by atoms with van der Waals surface area (Å²) in [5.41, 5.74) is 1.91. The van der Waals surface area contributed by atoms with Crippen molar-refractivity contribution in [1.82, 2.24) is 0 Å². The van der Waals surface area contributed by atoms with E-state index in [1.54, 1.807) is 0 Å². The van der Waals surface area contributed by atoms with Crippen LogP contribution in [0.4, 0.5) is 0 Å². The molecule has 0 saturated carbocycles. The highest BCUT2D eigenvalue weighted by Gasteiger charge is 1.95. The molecule has 0 fully saturated rings. The van der Waals surface area contributed by atoms with Gasteiger partial charge in [-0.1, -0.05) is 42.5 Å². The maximum absolute atomic E-state index is 7.35. The zero-order valence-corrected chi connectivity index (χ0v) is 9.52. The number of hydrogen-bond donors (Lipinski definition) is 0. The highest BCUT2D eigenvalue weighted by atomic mass is 35.5. The van der Waals surface area contributed by atoms with Gasteiger partial charge in [-0.15, -0.1) is 11.6 Å². The highest BCUT2D eigenvalue weighted by molar-refractivity contribution is 6.17. The molecular formula is C14H13ClO. The monoisotopic (exact) mass is 233 g/mol. The minimum Gasteiger partial charge on any atom is -0.489 e. The molecule has 2 aromatic rings. The molecule has 0 aromatic heterocycles. The third-order valence-corrected chi connectivity index (χ3v) is 2.51. The molecule has 1 atom stereocenters. The molecule has 0 bridgehead atoms. The fraction of sp³-hybridized carbons (Fsp3) is 0.143. The first-order chi connectivity index (χ1) is 8.25. The van der Waals surface area contributed by atoms with Gasteiger partial charge in [0.05, 0.1) is 0 Å². The van der Waals surface area contributed by atoms with E-state index in [9.17, 15) is 0 Å². The standard InChI is InChI=1S/C14H13ClO/c15-10-12-6-8-14(9-7-12)16-11-13-4-2-1-3-5-13/h1-9H,10-11H2/i10D/t10-/m1/s1. The Morgan fingerprint density at radius 3 is 2.25 bits per heavy atom. The Hall–Kier alpha value is -1.47.